The highest BCUT2D eigenvalue weighted by Crippen LogP contribution is 0.994. The van der Waals surface area contributed by atoms with Gasteiger partial charge in [0.25, 0.3) is 0 Å². The van der Waals surface area contributed by atoms with E-state index in [0.717, 1.165) is 0 Å². The van der Waals surface area contributed by atoms with Gasteiger partial charge in [0.15, 0.2) is 0 Å². The van der Waals surface area contributed by atoms with E-state index in [9.17, 15) is 0 Å². The Kier molecular flexibility index (Phi) is 160. The van der Waals surface area contributed by atoms with Crippen LogP contribution in [-0.4, -0.2) is 22.9 Å². The minimum atomic E-state index is -2.92. The Bertz CT molecular complexity index is 17.7. The molecule has 0 atom stereocenters. The van der Waals surface area contributed by atoms with Gasteiger partial charge in [-0.15, -0.1) is 0 Å². The van der Waals surface area contributed by atoms with E-state index in [0.29, 0.717) is 0 Å². The van der Waals surface area contributed by atoms with E-state index >= 15 is 0 Å². The van der Waals surface area contributed by atoms with Crippen molar-refractivity contribution < 1.29 is 48.4 Å². The molecule has 0 rings (SSSR count). The maximum atomic E-state index is 8.42. The number of hydrogen-bond acceptors (Lipinski definition) is 6. The van der Waals surface area contributed by atoms with E-state index in [4.69, 9.17) is 30.7 Å². The molecule has 0 aromatic heterocycles. The van der Waals surface area contributed by atoms with Crippen molar-refractivity contribution in [1.82, 2.24) is 0 Å². The predicted octanol–water partition coefficient (Wildman–Crippen LogP) is -8.10. The van der Waals surface area contributed by atoms with Gasteiger partial charge >= 0.3 is 0 Å². The molecule has 0 aliphatic carbocycles. The molecule has 10 heavy (non-hydrogen) atoms. The fraction of sp³-hybridized carbons (Fsp3) is 0. The Hall–Kier alpha value is -0.295. The molecule has 0 spiro atoms. The van der Waals surface area contributed by atoms with Gasteiger partial charge in [0.05, 0.1) is 0 Å². The van der Waals surface area contributed by atoms with Crippen molar-refractivity contribution in [2.75, 3.05) is 0 Å². The van der Waals surface area contributed by atoms with E-state index in [2.05, 4.69) is 17.7 Å². The van der Waals surface area contributed by atoms with Crippen molar-refractivity contribution in [1.29, 1.82) is 0 Å². The van der Waals surface area contributed by atoms with E-state index in [-0.39, 0.29) is 0 Å². The Balaban J connectivity index is -0.0000000262. The largest absolute Gasteiger partial charge is 0.907 e. The number of quaternary nitrogens is 3. The van der Waals surface area contributed by atoms with Crippen LogP contribution in [0.3, 0.4) is 0 Å². The Labute approximate surface area is 57.0 Å². The molecule has 0 bridgehead atoms. The summed E-state index contributed by atoms with van der Waals surface area (Å²) in [7, 11) is -2.92. The highest BCUT2D eigenvalue weighted by Gasteiger charge is 1.17. The van der Waals surface area contributed by atoms with Gasteiger partial charge < -0.3 is 15.1 Å². The van der Waals surface area contributed by atoms with E-state index < -0.39 is 7.32 Å². The van der Waals surface area contributed by atoms with Crippen molar-refractivity contribution in [2.45, 2.75) is 0 Å². The quantitative estimate of drug-likeness (QED) is 0.149. The molecule has 0 amide bonds. The van der Waals surface area contributed by atoms with Gasteiger partial charge in [0.2, 0.25) is 0 Å². The molecular formula is H12BN3O6. The van der Waals surface area contributed by atoms with Gasteiger partial charge in [0.1, 0.15) is 0 Å². The summed E-state index contributed by atoms with van der Waals surface area (Å²) in [6, 6.07) is 0. The maximum Gasteiger partial charge on any atom is -0.216 e. The standard InChI is InChI=1S/BO3.3H4NO/c2-1(3)4;3*1-2/h;3*2H,1H3/q-3;3*+1. The third-order valence-electron chi connectivity index (χ3n) is 0. The lowest BCUT2D eigenvalue weighted by atomic mass is 10.3. The highest BCUT2D eigenvalue weighted by molar-refractivity contribution is 6.24. The zero-order chi connectivity index (χ0) is 9.58. The van der Waals surface area contributed by atoms with Crippen LogP contribution in [0.5, 0.6) is 0 Å². The van der Waals surface area contributed by atoms with Gasteiger partial charge in [0, 0.05) is 0 Å². The average molecular weight is 161 g/mol. The topological polar surface area (TPSA) is 213 Å². The molecule has 0 aromatic carbocycles. The Morgan fingerprint density at radius 1 is 0.700 bits per heavy atom. The smallest absolute Gasteiger partial charge is 0.216 e. The summed E-state index contributed by atoms with van der Waals surface area (Å²) in [6.07, 6.45) is 0. The SMILES string of the molecule is [NH3+]O.[NH3+]O.[NH3+]O.[O-]B([O-])[O-]. The summed E-state index contributed by atoms with van der Waals surface area (Å²) in [5.41, 5.74) is 0. The van der Waals surface area contributed by atoms with Gasteiger partial charge in [-0.3, -0.25) is 7.32 Å². The van der Waals surface area contributed by atoms with Crippen LogP contribution in [-0.2, 0) is 0 Å². The van der Waals surface area contributed by atoms with Crippen molar-refractivity contribution in [3.8, 4) is 0 Å². The summed E-state index contributed by atoms with van der Waals surface area (Å²) in [6.45, 7) is 0. The predicted molar refractivity (Wildman–Crippen MR) is 19.8 cm³/mol. The van der Waals surface area contributed by atoms with Crippen molar-refractivity contribution in [2.24, 2.45) is 0 Å². The number of rotatable bonds is 0. The summed E-state index contributed by atoms with van der Waals surface area (Å²) in [5, 5.41) is 45.5. The van der Waals surface area contributed by atoms with Gasteiger partial charge in [-0.1, -0.05) is 0 Å². The molecule has 12 N–H and O–H groups in total. The first kappa shape index (κ1) is 22.6. The summed E-state index contributed by atoms with van der Waals surface area (Å²) < 4.78 is 0. The van der Waals surface area contributed by atoms with Gasteiger partial charge in [-0.05, 0) is 0 Å². The first-order valence-corrected chi connectivity index (χ1v) is 1.66. The van der Waals surface area contributed by atoms with Crippen LogP contribution in [0.1, 0.15) is 0 Å². The lowest BCUT2D eigenvalue weighted by Crippen LogP contribution is -2.56. The lowest BCUT2D eigenvalue weighted by Gasteiger charge is -2.35. The Morgan fingerprint density at radius 3 is 0.700 bits per heavy atom. The molecule has 0 saturated carbocycles. The minimum Gasteiger partial charge on any atom is -0.907 e. The summed E-state index contributed by atoms with van der Waals surface area (Å²) in [4.78, 5) is 0. The van der Waals surface area contributed by atoms with Crippen molar-refractivity contribution >= 4 is 7.32 Å². The zero-order valence-electron chi connectivity index (χ0n) is 5.27. The van der Waals surface area contributed by atoms with Crippen LogP contribution in [0.15, 0.2) is 0 Å². The second-order valence-corrected chi connectivity index (χ2v) is 0.289. The molecular weight excluding hydrogens is 149 g/mol. The van der Waals surface area contributed by atoms with E-state index in [1.807, 2.05) is 0 Å². The maximum absolute atomic E-state index is 8.42. The second-order valence-electron chi connectivity index (χ2n) is 0.289. The van der Waals surface area contributed by atoms with Crippen molar-refractivity contribution in [3.63, 3.8) is 0 Å². The molecule has 0 aliphatic heterocycles. The van der Waals surface area contributed by atoms with Crippen LogP contribution in [0.2, 0.25) is 0 Å². The molecule has 10 heteroatoms. The second kappa shape index (κ2) is 70.6. The van der Waals surface area contributed by atoms with Crippen LogP contribution >= 0.6 is 0 Å². The van der Waals surface area contributed by atoms with Crippen LogP contribution in [0, 0.1) is 0 Å². The van der Waals surface area contributed by atoms with Crippen LogP contribution in [0.4, 0.5) is 0 Å². The molecule has 0 heterocycles. The van der Waals surface area contributed by atoms with Gasteiger partial charge in [-0.2, -0.15) is 0 Å². The molecule has 0 aliphatic rings. The van der Waals surface area contributed by atoms with Gasteiger partial charge in [-0.25, -0.2) is 33.3 Å². The van der Waals surface area contributed by atoms with Crippen LogP contribution < -0.4 is 32.8 Å². The zero-order valence-corrected chi connectivity index (χ0v) is 5.27. The van der Waals surface area contributed by atoms with Crippen molar-refractivity contribution in [3.05, 3.63) is 0 Å². The first-order valence-electron chi connectivity index (χ1n) is 1.66. The highest BCUT2D eigenvalue weighted by atomic mass is 16.5. The molecule has 66 valence electrons. The van der Waals surface area contributed by atoms with E-state index in [1.54, 1.807) is 0 Å². The third kappa shape index (κ3) is 3980. The average Bonchev–Trinajstić information content (AvgIpc) is 1.98. The number of hydrogen-bond donors (Lipinski definition) is 6. The fourth-order valence-electron chi connectivity index (χ4n) is 0. The molecule has 0 saturated heterocycles. The monoisotopic (exact) mass is 161 g/mol. The lowest BCUT2D eigenvalue weighted by molar-refractivity contribution is -0.670. The molecule has 0 fully saturated rings. The fourth-order valence-corrected chi connectivity index (χ4v) is 0. The molecule has 0 radical (unpaired) electrons. The molecule has 9 nitrogen and oxygen atoms in total. The Morgan fingerprint density at radius 2 is 0.700 bits per heavy atom. The third-order valence-corrected chi connectivity index (χ3v) is 0. The summed E-state index contributed by atoms with van der Waals surface area (Å²) in [5.74, 6) is 6.75. The minimum absolute atomic E-state index is 2.25. The molecule has 0 unspecified atom stereocenters. The summed E-state index contributed by atoms with van der Waals surface area (Å²) >= 11 is 0. The first-order chi connectivity index (χ1) is 4.73. The molecule has 0 aromatic rings. The van der Waals surface area contributed by atoms with E-state index in [1.165, 1.54) is 0 Å². The normalized spacial score (nSPS) is 4.50. The van der Waals surface area contributed by atoms with Crippen LogP contribution in [0.25, 0.3) is 0 Å².